The van der Waals surface area contributed by atoms with Crippen LogP contribution in [-0.4, -0.2) is 12.8 Å². The highest BCUT2D eigenvalue weighted by atomic mass is 32.2. The molecule has 1 rings (SSSR count). The van der Waals surface area contributed by atoms with Crippen molar-refractivity contribution < 1.29 is 0 Å². The standard InChI is InChI=1S/C11H15NS/c1-9-8-10(4-3-7-12)5-6-11(9)13-2/h3-6,8H,7,12H2,1-2H3/b4-3+. The molecule has 0 bridgehead atoms. The Morgan fingerprint density at radius 3 is 2.77 bits per heavy atom. The summed E-state index contributed by atoms with van der Waals surface area (Å²) in [6.07, 6.45) is 6.11. The highest BCUT2D eigenvalue weighted by Gasteiger charge is 1.95. The Morgan fingerprint density at radius 2 is 2.23 bits per heavy atom. The molecule has 0 aliphatic heterocycles. The number of aryl methyl sites for hydroxylation is 1. The fraction of sp³-hybridized carbons (Fsp3) is 0.273. The number of hydrogen-bond acceptors (Lipinski definition) is 2. The van der Waals surface area contributed by atoms with Gasteiger partial charge in [-0.3, -0.25) is 0 Å². The summed E-state index contributed by atoms with van der Waals surface area (Å²) in [5.74, 6) is 0. The first-order valence-corrected chi connectivity index (χ1v) is 5.51. The Labute approximate surface area is 84.0 Å². The van der Waals surface area contributed by atoms with Crippen LogP contribution in [0.15, 0.2) is 29.2 Å². The van der Waals surface area contributed by atoms with Crippen LogP contribution in [-0.2, 0) is 0 Å². The molecule has 0 unspecified atom stereocenters. The zero-order valence-electron chi connectivity index (χ0n) is 8.08. The third kappa shape index (κ3) is 2.90. The second kappa shape index (κ2) is 5.10. The van der Waals surface area contributed by atoms with E-state index in [0.29, 0.717) is 6.54 Å². The van der Waals surface area contributed by atoms with Crippen LogP contribution in [0, 0.1) is 6.92 Å². The van der Waals surface area contributed by atoms with E-state index in [1.165, 1.54) is 16.0 Å². The lowest BCUT2D eigenvalue weighted by molar-refractivity contribution is 1.26. The van der Waals surface area contributed by atoms with E-state index in [9.17, 15) is 0 Å². The highest BCUT2D eigenvalue weighted by Crippen LogP contribution is 2.20. The fourth-order valence-electron chi connectivity index (χ4n) is 1.21. The highest BCUT2D eigenvalue weighted by molar-refractivity contribution is 7.98. The van der Waals surface area contributed by atoms with Crippen molar-refractivity contribution in [3.63, 3.8) is 0 Å². The molecule has 2 heteroatoms. The van der Waals surface area contributed by atoms with Gasteiger partial charge in [0.25, 0.3) is 0 Å². The molecule has 0 saturated heterocycles. The SMILES string of the molecule is CSc1ccc(/C=C/CN)cc1C. The molecule has 1 nitrogen and oxygen atoms in total. The molecule has 1 aromatic rings. The third-order valence-corrected chi connectivity index (χ3v) is 2.76. The van der Waals surface area contributed by atoms with Crippen molar-refractivity contribution in [2.45, 2.75) is 11.8 Å². The second-order valence-corrected chi connectivity index (χ2v) is 3.72. The Bertz CT molecular complexity index is 305. The van der Waals surface area contributed by atoms with E-state index < -0.39 is 0 Å². The minimum absolute atomic E-state index is 0.601. The van der Waals surface area contributed by atoms with Gasteiger partial charge < -0.3 is 5.73 Å². The lowest BCUT2D eigenvalue weighted by Crippen LogP contribution is -1.92. The van der Waals surface area contributed by atoms with E-state index in [-0.39, 0.29) is 0 Å². The Hall–Kier alpha value is -0.730. The molecule has 0 fully saturated rings. The van der Waals surface area contributed by atoms with Gasteiger partial charge in [-0.2, -0.15) is 0 Å². The van der Waals surface area contributed by atoms with Crippen LogP contribution in [0.5, 0.6) is 0 Å². The van der Waals surface area contributed by atoms with Crippen molar-refractivity contribution >= 4 is 17.8 Å². The van der Waals surface area contributed by atoms with Gasteiger partial charge in [0, 0.05) is 11.4 Å². The van der Waals surface area contributed by atoms with Crippen LogP contribution in [0.1, 0.15) is 11.1 Å². The number of hydrogen-bond donors (Lipinski definition) is 1. The molecule has 0 radical (unpaired) electrons. The van der Waals surface area contributed by atoms with Crippen LogP contribution in [0.25, 0.3) is 6.08 Å². The molecule has 2 N–H and O–H groups in total. The smallest absolute Gasteiger partial charge is 0.0110 e. The van der Waals surface area contributed by atoms with Gasteiger partial charge in [0.15, 0.2) is 0 Å². The maximum absolute atomic E-state index is 5.38. The van der Waals surface area contributed by atoms with Crippen LogP contribution in [0.2, 0.25) is 0 Å². The predicted octanol–water partition coefficient (Wildman–Crippen LogP) is 2.69. The van der Waals surface area contributed by atoms with Crippen LogP contribution in [0.4, 0.5) is 0 Å². The number of nitrogens with two attached hydrogens (primary N) is 1. The molecule has 0 spiro atoms. The molecular weight excluding hydrogens is 178 g/mol. The first-order chi connectivity index (χ1) is 6.27. The van der Waals surface area contributed by atoms with Crippen LogP contribution in [0.3, 0.4) is 0 Å². The van der Waals surface area contributed by atoms with Crippen molar-refractivity contribution in [1.82, 2.24) is 0 Å². The van der Waals surface area contributed by atoms with Crippen LogP contribution >= 0.6 is 11.8 Å². The molecule has 13 heavy (non-hydrogen) atoms. The van der Waals surface area contributed by atoms with Gasteiger partial charge in [-0.1, -0.05) is 24.3 Å². The van der Waals surface area contributed by atoms with Gasteiger partial charge in [-0.15, -0.1) is 11.8 Å². The molecule has 0 saturated carbocycles. The molecule has 0 aliphatic rings. The number of rotatable bonds is 3. The zero-order valence-corrected chi connectivity index (χ0v) is 8.90. The molecule has 70 valence electrons. The van der Waals surface area contributed by atoms with E-state index in [1.54, 1.807) is 11.8 Å². The zero-order chi connectivity index (χ0) is 9.68. The van der Waals surface area contributed by atoms with Crippen molar-refractivity contribution in [3.8, 4) is 0 Å². The summed E-state index contributed by atoms with van der Waals surface area (Å²) < 4.78 is 0. The summed E-state index contributed by atoms with van der Waals surface area (Å²) in [5, 5.41) is 0. The second-order valence-electron chi connectivity index (χ2n) is 2.87. The average molecular weight is 193 g/mol. The monoisotopic (exact) mass is 193 g/mol. The molecular formula is C11H15NS. The number of benzene rings is 1. The minimum Gasteiger partial charge on any atom is -0.327 e. The molecule has 0 amide bonds. The Kier molecular flexibility index (Phi) is 4.06. The maximum atomic E-state index is 5.38. The normalized spacial score (nSPS) is 11.0. The summed E-state index contributed by atoms with van der Waals surface area (Å²) in [7, 11) is 0. The summed E-state index contributed by atoms with van der Waals surface area (Å²) >= 11 is 1.78. The van der Waals surface area contributed by atoms with E-state index in [4.69, 9.17) is 5.73 Å². The quantitative estimate of drug-likeness (QED) is 0.747. The van der Waals surface area contributed by atoms with Gasteiger partial charge in [-0.05, 0) is 30.4 Å². The van der Waals surface area contributed by atoms with E-state index in [0.717, 1.165) is 0 Å². The van der Waals surface area contributed by atoms with Crippen LogP contribution < -0.4 is 5.73 Å². The first kappa shape index (κ1) is 10.4. The number of thioether (sulfide) groups is 1. The summed E-state index contributed by atoms with van der Waals surface area (Å²) in [6.45, 7) is 2.73. The van der Waals surface area contributed by atoms with Crippen molar-refractivity contribution in [3.05, 3.63) is 35.4 Å². The summed E-state index contributed by atoms with van der Waals surface area (Å²) in [6, 6.07) is 6.44. The third-order valence-electron chi connectivity index (χ3n) is 1.87. The summed E-state index contributed by atoms with van der Waals surface area (Å²) in [4.78, 5) is 1.34. The lowest BCUT2D eigenvalue weighted by Gasteiger charge is -2.02. The van der Waals surface area contributed by atoms with Gasteiger partial charge in [-0.25, -0.2) is 0 Å². The molecule has 0 heterocycles. The van der Waals surface area contributed by atoms with Gasteiger partial charge in [0.05, 0.1) is 0 Å². The maximum Gasteiger partial charge on any atom is 0.0110 e. The van der Waals surface area contributed by atoms with Crippen molar-refractivity contribution in [2.75, 3.05) is 12.8 Å². The topological polar surface area (TPSA) is 26.0 Å². The minimum atomic E-state index is 0.601. The molecule has 0 aliphatic carbocycles. The lowest BCUT2D eigenvalue weighted by atomic mass is 10.1. The van der Waals surface area contributed by atoms with Gasteiger partial charge >= 0.3 is 0 Å². The Morgan fingerprint density at radius 1 is 1.46 bits per heavy atom. The fourth-order valence-corrected chi connectivity index (χ4v) is 1.79. The van der Waals surface area contributed by atoms with Crippen molar-refractivity contribution in [2.24, 2.45) is 5.73 Å². The van der Waals surface area contributed by atoms with E-state index >= 15 is 0 Å². The Balaban J connectivity index is 2.89. The first-order valence-electron chi connectivity index (χ1n) is 4.29. The van der Waals surface area contributed by atoms with E-state index in [1.807, 2.05) is 6.08 Å². The molecule has 0 atom stereocenters. The van der Waals surface area contributed by atoms with Gasteiger partial charge in [0.2, 0.25) is 0 Å². The predicted molar refractivity (Wildman–Crippen MR) is 61.0 cm³/mol. The van der Waals surface area contributed by atoms with Crippen molar-refractivity contribution in [1.29, 1.82) is 0 Å². The summed E-state index contributed by atoms with van der Waals surface area (Å²) in [5.41, 5.74) is 7.93. The molecule has 1 aromatic carbocycles. The largest absolute Gasteiger partial charge is 0.327 e. The average Bonchev–Trinajstić information content (AvgIpc) is 2.15. The molecule has 0 aromatic heterocycles. The van der Waals surface area contributed by atoms with Gasteiger partial charge in [0.1, 0.15) is 0 Å². The van der Waals surface area contributed by atoms with E-state index in [2.05, 4.69) is 37.5 Å².